The lowest BCUT2D eigenvalue weighted by Gasteiger charge is -2.34. The van der Waals surface area contributed by atoms with Gasteiger partial charge in [0.05, 0.1) is 21.8 Å². The van der Waals surface area contributed by atoms with Crippen LogP contribution in [0.1, 0.15) is 52.8 Å². The van der Waals surface area contributed by atoms with E-state index < -0.39 is 27.3 Å². The average Bonchev–Trinajstić information content (AvgIpc) is 3.13. The molecule has 4 rings (SSSR count). The highest BCUT2D eigenvalue weighted by Gasteiger charge is 2.39. The Balaban J connectivity index is 0.00000441. The van der Waals surface area contributed by atoms with Crippen molar-refractivity contribution >= 4 is 21.7 Å². The zero-order valence-electron chi connectivity index (χ0n) is 22.7. The van der Waals surface area contributed by atoms with E-state index in [0.717, 1.165) is 6.42 Å². The van der Waals surface area contributed by atoms with Crippen molar-refractivity contribution < 1.29 is 28.9 Å². The number of hydrogen-bond acceptors (Lipinski definition) is 7. The van der Waals surface area contributed by atoms with Crippen molar-refractivity contribution in [2.45, 2.75) is 57.1 Å². The molecule has 210 valence electrons. The van der Waals surface area contributed by atoms with Crippen LogP contribution < -0.4 is 14.4 Å². The molecular weight excluding hydrogens is 521 g/mol. The van der Waals surface area contributed by atoms with Crippen LogP contribution in [0, 0.1) is 11.7 Å². The van der Waals surface area contributed by atoms with Crippen LogP contribution in [0.4, 0.5) is 10.2 Å². The molecule has 1 aliphatic heterocycles. The van der Waals surface area contributed by atoms with Gasteiger partial charge < -0.3 is 14.7 Å². The monoisotopic (exact) mass is 557 g/mol. The van der Waals surface area contributed by atoms with Crippen LogP contribution in [0.25, 0.3) is 11.3 Å². The molecule has 1 aromatic heterocycles. The fourth-order valence-electron chi connectivity index (χ4n) is 4.84. The number of aliphatic hydroxyl groups is 1. The lowest BCUT2D eigenvalue weighted by molar-refractivity contribution is 0.0284. The summed E-state index contributed by atoms with van der Waals surface area (Å²) in [5.41, 5.74) is -0.576. The predicted octanol–water partition coefficient (Wildman–Crippen LogP) is 5.03. The molecule has 0 radical (unpaired) electrons. The zero-order chi connectivity index (χ0) is 28.6. The van der Waals surface area contributed by atoms with Crippen molar-refractivity contribution in [3.05, 3.63) is 72.0 Å². The fourth-order valence-corrected chi connectivity index (χ4v) is 5.83. The standard InChI is InChI=1S/C29H34FN3O5S.H2/c1-19-16-28(2,3)33(17-19)26-24(27(34)32-39(36,37)23-9-7-6-8-10-23)11-12-25(31-26)20-13-21(30)15-22(14-20)38-18-29(4,5)35;/h6-15,19,35H,16-18H2,1-5H3,(H,32,34);1H/t19-;/m0./s1. The van der Waals surface area contributed by atoms with Gasteiger partial charge in [0.1, 0.15) is 24.0 Å². The number of hydrogen-bond donors (Lipinski definition) is 2. The molecule has 0 unspecified atom stereocenters. The smallest absolute Gasteiger partial charge is 0.268 e. The number of anilines is 1. The van der Waals surface area contributed by atoms with Crippen LogP contribution in [0.15, 0.2) is 65.6 Å². The van der Waals surface area contributed by atoms with Gasteiger partial charge in [-0.3, -0.25) is 4.79 Å². The Morgan fingerprint density at radius 2 is 1.90 bits per heavy atom. The second-order valence-corrected chi connectivity index (χ2v) is 13.0. The van der Waals surface area contributed by atoms with E-state index >= 15 is 0 Å². The van der Waals surface area contributed by atoms with Crippen molar-refractivity contribution in [2.24, 2.45) is 5.92 Å². The largest absolute Gasteiger partial charge is 0.490 e. The summed E-state index contributed by atoms with van der Waals surface area (Å²) in [6, 6.07) is 14.8. The Kier molecular flexibility index (Phi) is 7.73. The third-order valence-corrected chi connectivity index (χ3v) is 7.83. The highest BCUT2D eigenvalue weighted by atomic mass is 32.2. The number of amides is 1. The number of sulfonamides is 1. The van der Waals surface area contributed by atoms with Crippen LogP contribution in [0.3, 0.4) is 0 Å². The van der Waals surface area contributed by atoms with E-state index in [-0.39, 0.29) is 29.8 Å². The Labute approximate surface area is 230 Å². The number of halogens is 1. The number of aromatic nitrogens is 1. The molecule has 2 aromatic carbocycles. The molecule has 0 spiro atoms. The Bertz CT molecular complexity index is 1480. The highest BCUT2D eigenvalue weighted by molar-refractivity contribution is 7.90. The number of nitrogens with zero attached hydrogens (tertiary/aromatic N) is 2. The minimum Gasteiger partial charge on any atom is -0.490 e. The summed E-state index contributed by atoms with van der Waals surface area (Å²) < 4.78 is 48.1. The molecule has 0 saturated carbocycles. The third kappa shape index (κ3) is 6.75. The molecule has 0 aliphatic carbocycles. The van der Waals surface area contributed by atoms with Crippen molar-refractivity contribution in [3.8, 4) is 17.0 Å². The summed E-state index contributed by atoms with van der Waals surface area (Å²) in [6.45, 7) is 9.92. The van der Waals surface area contributed by atoms with Crippen molar-refractivity contribution in [1.29, 1.82) is 0 Å². The molecule has 1 fully saturated rings. The second-order valence-electron chi connectivity index (χ2n) is 11.3. The van der Waals surface area contributed by atoms with Crippen LogP contribution in [-0.2, 0) is 10.0 Å². The van der Waals surface area contributed by atoms with Crippen LogP contribution in [0.5, 0.6) is 5.75 Å². The molecule has 1 atom stereocenters. The summed E-state index contributed by atoms with van der Waals surface area (Å²) in [5.74, 6) is -0.512. The summed E-state index contributed by atoms with van der Waals surface area (Å²) in [7, 11) is -4.11. The topological polar surface area (TPSA) is 109 Å². The molecule has 1 amide bonds. The maximum Gasteiger partial charge on any atom is 0.268 e. The Morgan fingerprint density at radius 1 is 1.21 bits per heavy atom. The average molecular weight is 558 g/mol. The molecule has 1 saturated heterocycles. The van der Waals surface area contributed by atoms with Gasteiger partial charge in [-0.2, -0.15) is 0 Å². The van der Waals surface area contributed by atoms with Gasteiger partial charge in [-0.1, -0.05) is 25.1 Å². The summed E-state index contributed by atoms with van der Waals surface area (Å²) in [5, 5.41) is 9.98. The molecule has 1 aliphatic rings. The van der Waals surface area contributed by atoms with Crippen LogP contribution >= 0.6 is 0 Å². The first-order valence-corrected chi connectivity index (χ1v) is 14.2. The van der Waals surface area contributed by atoms with E-state index in [9.17, 15) is 22.7 Å². The lowest BCUT2D eigenvalue weighted by atomic mass is 9.97. The number of carbonyl (C=O) groups excluding carboxylic acids is 1. The van der Waals surface area contributed by atoms with E-state index in [0.29, 0.717) is 29.5 Å². The van der Waals surface area contributed by atoms with Crippen molar-refractivity contribution in [1.82, 2.24) is 9.71 Å². The third-order valence-electron chi connectivity index (χ3n) is 6.49. The number of nitrogens with one attached hydrogen (secondary N) is 1. The van der Waals surface area contributed by atoms with E-state index in [1.54, 1.807) is 44.2 Å². The normalized spacial score (nSPS) is 17.2. The molecule has 3 aromatic rings. The van der Waals surface area contributed by atoms with E-state index in [1.807, 2.05) is 18.7 Å². The Hall–Kier alpha value is -3.50. The number of carbonyl (C=O) groups is 1. The molecule has 0 bridgehead atoms. The molecule has 10 heteroatoms. The molecule has 2 N–H and O–H groups in total. The van der Waals surface area contributed by atoms with Crippen molar-refractivity contribution in [2.75, 3.05) is 18.1 Å². The lowest BCUT2D eigenvalue weighted by Crippen LogP contribution is -2.41. The zero-order valence-corrected chi connectivity index (χ0v) is 23.5. The minimum atomic E-state index is -4.11. The first-order chi connectivity index (χ1) is 18.1. The van der Waals surface area contributed by atoms with Gasteiger partial charge in [-0.05, 0) is 76.4 Å². The number of benzene rings is 2. The molecule has 39 heavy (non-hydrogen) atoms. The molecule has 2 heterocycles. The minimum absolute atomic E-state index is 0. The summed E-state index contributed by atoms with van der Waals surface area (Å²) in [4.78, 5) is 20.1. The van der Waals surface area contributed by atoms with Gasteiger partial charge in [-0.15, -0.1) is 0 Å². The maximum absolute atomic E-state index is 14.6. The van der Waals surface area contributed by atoms with Gasteiger partial charge in [0, 0.05) is 25.1 Å². The summed E-state index contributed by atoms with van der Waals surface area (Å²) >= 11 is 0. The second kappa shape index (κ2) is 10.6. The molecule has 8 nitrogen and oxygen atoms in total. The van der Waals surface area contributed by atoms with Crippen molar-refractivity contribution in [3.63, 3.8) is 0 Å². The van der Waals surface area contributed by atoms with Gasteiger partial charge in [-0.25, -0.2) is 22.5 Å². The quantitative estimate of drug-likeness (QED) is 0.400. The first-order valence-electron chi connectivity index (χ1n) is 12.7. The van der Waals surface area contributed by atoms with Gasteiger partial charge in [0.15, 0.2) is 0 Å². The molecular formula is C29H36FN3O5S. The van der Waals surface area contributed by atoms with Gasteiger partial charge in [0.25, 0.3) is 15.9 Å². The SMILES string of the molecule is C[C@@H]1CN(c2nc(-c3cc(F)cc(OCC(C)(C)O)c3)ccc2C(=O)NS(=O)(=O)c2ccccc2)C(C)(C)C1.[HH]. The highest BCUT2D eigenvalue weighted by Crippen LogP contribution is 2.38. The van der Waals surface area contributed by atoms with Crippen LogP contribution in [-0.4, -0.2) is 48.7 Å². The van der Waals surface area contributed by atoms with E-state index in [4.69, 9.17) is 9.72 Å². The Morgan fingerprint density at radius 3 is 2.51 bits per heavy atom. The van der Waals surface area contributed by atoms with E-state index in [2.05, 4.69) is 11.6 Å². The number of pyridine rings is 1. The first kappa shape index (κ1) is 28.5. The maximum atomic E-state index is 14.6. The fraction of sp³-hybridized carbons (Fsp3) is 0.379. The van der Waals surface area contributed by atoms with E-state index in [1.165, 1.54) is 30.3 Å². The van der Waals surface area contributed by atoms with Crippen LogP contribution in [0.2, 0.25) is 0 Å². The number of ether oxygens (including phenoxy) is 1. The number of rotatable bonds is 8. The van der Waals surface area contributed by atoms with Gasteiger partial charge >= 0.3 is 0 Å². The van der Waals surface area contributed by atoms with Gasteiger partial charge in [0.2, 0.25) is 0 Å². The predicted molar refractivity (Wildman–Crippen MR) is 150 cm³/mol. The summed E-state index contributed by atoms with van der Waals surface area (Å²) in [6.07, 6.45) is 0.844.